The molecule has 4 rings (SSSR count). The molecule has 158 valence electrons. The highest BCUT2D eigenvalue weighted by Crippen LogP contribution is 2.41. The molecular weight excluding hydrogens is 395 g/mol. The highest BCUT2D eigenvalue weighted by Gasteiger charge is 2.32. The van der Waals surface area contributed by atoms with Gasteiger partial charge in [-0.25, -0.2) is 9.18 Å². The average Bonchev–Trinajstić information content (AvgIpc) is 2.73. The summed E-state index contributed by atoms with van der Waals surface area (Å²) in [5.74, 6) is -1.31. The summed E-state index contributed by atoms with van der Waals surface area (Å²) in [6.45, 7) is 3.56. The molecule has 1 amide bonds. The Kier molecular flexibility index (Phi) is 5.46. The first kappa shape index (κ1) is 20.6. The summed E-state index contributed by atoms with van der Waals surface area (Å²) in [5.41, 5.74) is 4.47. The molecule has 0 fully saturated rings. The molecule has 1 aliphatic heterocycles. The van der Waals surface area contributed by atoms with Gasteiger partial charge < -0.3 is 15.3 Å². The van der Waals surface area contributed by atoms with Crippen LogP contribution in [0.3, 0.4) is 0 Å². The van der Waals surface area contributed by atoms with Gasteiger partial charge in [0.1, 0.15) is 5.82 Å². The van der Waals surface area contributed by atoms with Gasteiger partial charge in [0.05, 0.1) is 11.6 Å². The molecule has 2 N–H and O–H groups in total. The summed E-state index contributed by atoms with van der Waals surface area (Å²) < 4.78 is 13.7. The number of amides is 1. The van der Waals surface area contributed by atoms with E-state index in [9.17, 15) is 14.0 Å². The predicted octanol–water partition coefficient (Wildman–Crippen LogP) is 5.49. The van der Waals surface area contributed by atoms with Crippen molar-refractivity contribution in [2.75, 3.05) is 10.2 Å². The average molecular weight is 418 g/mol. The number of fused-ring (bicyclic) bond motifs is 1. The topological polar surface area (TPSA) is 69.6 Å². The highest BCUT2D eigenvalue weighted by molar-refractivity contribution is 5.94. The van der Waals surface area contributed by atoms with E-state index in [-0.39, 0.29) is 29.4 Å². The van der Waals surface area contributed by atoms with Gasteiger partial charge in [0, 0.05) is 24.3 Å². The van der Waals surface area contributed by atoms with Gasteiger partial charge in [0.25, 0.3) is 0 Å². The first-order valence-corrected chi connectivity index (χ1v) is 10.1. The summed E-state index contributed by atoms with van der Waals surface area (Å²) in [5, 5.41) is 12.5. The Balaban J connectivity index is 1.76. The number of carbonyl (C=O) groups excluding carboxylic acids is 1. The van der Waals surface area contributed by atoms with Crippen LogP contribution in [0, 0.1) is 5.82 Å². The minimum absolute atomic E-state index is 0.0169. The van der Waals surface area contributed by atoms with Crippen LogP contribution in [0.25, 0.3) is 11.1 Å². The predicted molar refractivity (Wildman–Crippen MR) is 119 cm³/mol. The van der Waals surface area contributed by atoms with E-state index in [1.807, 2.05) is 31.2 Å². The van der Waals surface area contributed by atoms with Crippen molar-refractivity contribution in [3.05, 3.63) is 83.7 Å². The van der Waals surface area contributed by atoms with Crippen LogP contribution in [-0.2, 0) is 4.79 Å². The molecule has 0 bridgehead atoms. The lowest BCUT2D eigenvalue weighted by Crippen LogP contribution is -2.43. The second-order valence-corrected chi connectivity index (χ2v) is 7.84. The van der Waals surface area contributed by atoms with Crippen LogP contribution >= 0.6 is 0 Å². The number of nitrogens with one attached hydrogen (secondary N) is 1. The summed E-state index contributed by atoms with van der Waals surface area (Å²) in [4.78, 5) is 25.3. The molecule has 2 unspecified atom stereocenters. The number of halogens is 1. The van der Waals surface area contributed by atoms with Gasteiger partial charge in [-0.2, -0.15) is 0 Å². The lowest BCUT2D eigenvalue weighted by atomic mass is 9.88. The van der Waals surface area contributed by atoms with Crippen LogP contribution < -0.4 is 10.2 Å². The molecule has 31 heavy (non-hydrogen) atoms. The summed E-state index contributed by atoms with van der Waals surface area (Å²) >= 11 is 0. The molecular formula is C25H23FN2O3. The minimum atomic E-state index is -0.970. The third-order valence-corrected chi connectivity index (χ3v) is 5.65. The van der Waals surface area contributed by atoms with Crippen molar-refractivity contribution in [2.24, 2.45) is 0 Å². The fraction of sp³-hybridized carbons (Fsp3) is 0.200. The number of carbonyl (C=O) groups is 2. The van der Waals surface area contributed by atoms with E-state index in [0.717, 1.165) is 22.4 Å². The zero-order valence-corrected chi connectivity index (χ0v) is 17.3. The van der Waals surface area contributed by atoms with Crippen LogP contribution in [0.5, 0.6) is 0 Å². The molecule has 0 saturated heterocycles. The maximum atomic E-state index is 13.7. The van der Waals surface area contributed by atoms with Gasteiger partial charge in [0.2, 0.25) is 5.91 Å². The number of hydrogen-bond acceptors (Lipinski definition) is 3. The highest BCUT2D eigenvalue weighted by atomic mass is 19.1. The standard InChI is InChI=1S/C25H23FN2O3/c1-15-12-23(27-21-5-3-4-20(26)14-21)22-13-19(10-11-24(22)28(15)16(2)29)17-6-8-18(9-7-17)25(30)31/h3-11,13-15,23,27H,12H2,1-2H3,(H,30,31). The van der Waals surface area contributed by atoms with Crippen molar-refractivity contribution in [1.82, 2.24) is 0 Å². The first-order valence-electron chi connectivity index (χ1n) is 10.1. The molecule has 1 aliphatic rings. The number of nitrogens with zero attached hydrogens (tertiary/aromatic N) is 1. The minimum Gasteiger partial charge on any atom is -0.478 e. The Bertz CT molecular complexity index is 1140. The fourth-order valence-electron chi connectivity index (χ4n) is 4.24. The number of aromatic carboxylic acids is 1. The van der Waals surface area contributed by atoms with E-state index < -0.39 is 5.97 Å². The Morgan fingerprint density at radius 1 is 1.03 bits per heavy atom. The van der Waals surface area contributed by atoms with E-state index in [2.05, 4.69) is 5.32 Å². The lowest BCUT2D eigenvalue weighted by Gasteiger charge is -2.39. The molecule has 1 heterocycles. The van der Waals surface area contributed by atoms with Crippen molar-refractivity contribution >= 4 is 23.3 Å². The number of hydrogen-bond donors (Lipinski definition) is 2. The van der Waals surface area contributed by atoms with E-state index in [1.54, 1.807) is 42.2 Å². The zero-order valence-electron chi connectivity index (χ0n) is 17.3. The number of rotatable bonds is 4. The van der Waals surface area contributed by atoms with Gasteiger partial charge >= 0.3 is 5.97 Å². The quantitative estimate of drug-likeness (QED) is 0.588. The number of carboxylic acids is 1. The number of benzene rings is 3. The molecule has 0 spiro atoms. The molecule has 5 nitrogen and oxygen atoms in total. The van der Waals surface area contributed by atoms with E-state index in [0.29, 0.717) is 12.1 Å². The van der Waals surface area contributed by atoms with Gasteiger partial charge in [-0.15, -0.1) is 0 Å². The summed E-state index contributed by atoms with van der Waals surface area (Å²) in [6, 6.07) is 18.8. The Hall–Kier alpha value is -3.67. The number of anilines is 2. The molecule has 6 heteroatoms. The normalized spacial score (nSPS) is 17.7. The maximum Gasteiger partial charge on any atom is 0.335 e. The van der Waals surface area contributed by atoms with Crippen LogP contribution in [-0.4, -0.2) is 23.0 Å². The van der Waals surface area contributed by atoms with E-state index >= 15 is 0 Å². The van der Waals surface area contributed by atoms with Crippen molar-refractivity contribution < 1.29 is 19.1 Å². The maximum absolute atomic E-state index is 13.7. The van der Waals surface area contributed by atoms with Crippen molar-refractivity contribution in [1.29, 1.82) is 0 Å². The SMILES string of the molecule is CC(=O)N1c2ccc(-c3ccc(C(=O)O)cc3)cc2C(Nc2cccc(F)c2)CC1C. The lowest BCUT2D eigenvalue weighted by molar-refractivity contribution is -0.117. The molecule has 0 radical (unpaired) electrons. The van der Waals surface area contributed by atoms with Crippen LogP contribution in [0.15, 0.2) is 66.7 Å². The first-order chi connectivity index (χ1) is 14.8. The molecule has 3 aromatic carbocycles. The molecule has 0 aliphatic carbocycles. The van der Waals surface area contributed by atoms with Gasteiger partial charge in [-0.05, 0) is 72.5 Å². The second kappa shape index (κ2) is 8.22. The third-order valence-electron chi connectivity index (χ3n) is 5.65. The summed E-state index contributed by atoms with van der Waals surface area (Å²) in [7, 11) is 0. The Labute approximate surface area is 180 Å². The second-order valence-electron chi connectivity index (χ2n) is 7.84. The van der Waals surface area contributed by atoms with Crippen molar-refractivity contribution in [3.8, 4) is 11.1 Å². The third kappa shape index (κ3) is 4.14. The van der Waals surface area contributed by atoms with Gasteiger partial charge in [-0.1, -0.05) is 24.3 Å². The molecule has 3 aromatic rings. The van der Waals surface area contributed by atoms with E-state index in [1.165, 1.54) is 12.1 Å². The number of carboxylic acid groups (broad SMARTS) is 1. The Morgan fingerprint density at radius 2 is 1.74 bits per heavy atom. The molecule has 0 aromatic heterocycles. The zero-order chi connectivity index (χ0) is 22.1. The molecule has 2 atom stereocenters. The van der Waals surface area contributed by atoms with Crippen LogP contribution in [0.4, 0.5) is 15.8 Å². The molecule has 0 saturated carbocycles. The largest absolute Gasteiger partial charge is 0.478 e. The monoisotopic (exact) mass is 418 g/mol. The van der Waals surface area contributed by atoms with Crippen molar-refractivity contribution in [2.45, 2.75) is 32.4 Å². The van der Waals surface area contributed by atoms with Gasteiger partial charge in [-0.3, -0.25) is 4.79 Å². The van der Waals surface area contributed by atoms with Crippen molar-refractivity contribution in [3.63, 3.8) is 0 Å². The van der Waals surface area contributed by atoms with Crippen LogP contribution in [0.1, 0.15) is 42.2 Å². The summed E-state index contributed by atoms with van der Waals surface area (Å²) in [6.07, 6.45) is 0.671. The smallest absolute Gasteiger partial charge is 0.335 e. The Morgan fingerprint density at radius 3 is 2.39 bits per heavy atom. The van der Waals surface area contributed by atoms with Crippen LogP contribution in [0.2, 0.25) is 0 Å². The van der Waals surface area contributed by atoms with E-state index in [4.69, 9.17) is 5.11 Å². The van der Waals surface area contributed by atoms with Gasteiger partial charge in [0.15, 0.2) is 0 Å². The fourth-order valence-corrected chi connectivity index (χ4v) is 4.24.